The molecule has 1 aromatic rings. The third-order valence-electron chi connectivity index (χ3n) is 4.43. The second kappa shape index (κ2) is 7.47. The van der Waals surface area contributed by atoms with Crippen molar-refractivity contribution in [3.63, 3.8) is 0 Å². The number of rotatable bonds is 5. The molecule has 0 aromatic heterocycles. The second-order valence-corrected chi connectivity index (χ2v) is 5.95. The molecule has 1 saturated carbocycles. The van der Waals surface area contributed by atoms with Crippen LogP contribution in [0.1, 0.15) is 43.4 Å². The summed E-state index contributed by atoms with van der Waals surface area (Å²) < 4.78 is 9.89. The summed E-state index contributed by atoms with van der Waals surface area (Å²) >= 11 is 0. The van der Waals surface area contributed by atoms with Crippen LogP contribution >= 0.6 is 0 Å². The van der Waals surface area contributed by atoms with Gasteiger partial charge in [-0.25, -0.2) is 4.79 Å². The van der Waals surface area contributed by atoms with E-state index >= 15 is 0 Å². The van der Waals surface area contributed by atoms with Gasteiger partial charge in [-0.2, -0.15) is 0 Å². The average Bonchev–Trinajstić information content (AvgIpc) is 2.95. The number of amides is 1. The lowest BCUT2D eigenvalue weighted by molar-refractivity contribution is -0.161. The maximum absolute atomic E-state index is 12.7. The van der Waals surface area contributed by atoms with Gasteiger partial charge in [0.15, 0.2) is 11.2 Å². The molecule has 0 radical (unpaired) electrons. The number of aryl methyl sites for hydroxylation is 1. The zero-order chi connectivity index (χ0) is 17.7. The van der Waals surface area contributed by atoms with Crippen LogP contribution in [0.3, 0.4) is 0 Å². The van der Waals surface area contributed by atoms with E-state index in [0.717, 1.165) is 5.56 Å². The SMILES string of the molecule is CCOC(=O)[C@]1([C@H](NC(=O)OC)c2cccc(C)c2)CCCC1=O. The van der Waals surface area contributed by atoms with Crippen molar-refractivity contribution in [2.24, 2.45) is 5.41 Å². The van der Waals surface area contributed by atoms with Crippen LogP contribution in [-0.4, -0.2) is 31.6 Å². The van der Waals surface area contributed by atoms with Gasteiger partial charge in [-0.15, -0.1) is 0 Å². The van der Waals surface area contributed by atoms with Crippen LogP contribution in [0.15, 0.2) is 24.3 Å². The number of alkyl carbamates (subject to hydrolysis) is 1. The normalized spacial score (nSPS) is 21.2. The maximum Gasteiger partial charge on any atom is 0.407 e. The number of ketones is 1. The molecule has 6 nitrogen and oxygen atoms in total. The van der Waals surface area contributed by atoms with Gasteiger partial charge < -0.3 is 14.8 Å². The number of hydrogen-bond acceptors (Lipinski definition) is 5. The van der Waals surface area contributed by atoms with E-state index in [1.807, 2.05) is 25.1 Å². The molecule has 0 aliphatic heterocycles. The van der Waals surface area contributed by atoms with E-state index in [1.165, 1.54) is 7.11 Å². The first-order chi connectivity index (χ1) is 11.5. The molecule has 1 amide bonds. The molecule has 130 valence electrons. The van der Waals surface area contributed by atoms with Gasteiger partial charge in [-0.1, -0.05) is 29.8 Å². The Morgan fingerprint density at radius 2 is 2.12 bits per heavy atom. The van der Waals surface area contributed by atoms with Gasteiger partial charge in [0.1, 0.15) is 0 Å². The number of carbonyl (C=O) groups excluding carboxylic acids is 3. The number of methoxy groups -OCH3 is 1. The molecule has 1 N–H and O–H groups in total. The average molecular weight is 333 g/mol. The number of Topliss-reactive ketones (excluding diaryl/α,β-unsaturated/α-hetero) is 1. The highest BCUT2D eigenvalue weighted by Crippen LogP contribution is 2.46. The second-order valence-electron chi connectivity index (χ2n) is 5.95. The molecular formula is C18H23NO5. The highest BCUT2D eigenvalue weighted by atomic mass is 16.5. The fourth-order valence-electron chi connectivity index (χ4n) is 3.31. The number of ether oxygens (including phenoxy) is 2. The van der Waals surface area contributed by atoms with E-state index in [4.69, 9.17) is 9.47 Å². The van der Waals surface area contributed by atoms with E-state index in [1.54, 1.807) is 13.0 Å². The van der Waals surface area contributed by atoms with E-state index in [0.29, 0.717) is 24.8 Å². The molecule has 0 saturated heterocycles. The van der Waals surface area contributed by atoms with Crippen molar-refractivity contribution >= 4 is 17.8 Å². The minimum Gasteiger partial charge on any atom is -0.465 e. The van der Waals surface area contributed by atoms with Crippen LogP contribution in [0.4, 0.5) is 4.79 Å². The monoisotopic (exact) mass is 333 g/mol. The van der Waals surface area contributed by atoms with Gasteiger partial charge in [0.25, 0.3) is 0 Å². The van der Waals surface area contributed by atoms with Crippen LogP contribution in [0.2, 0.25) is 0 Å². The Morgan fingerprint density at radius 3 is 2.67 bits per heavy atom. The van der Waals surface area contributed by atoms with Crippen molar-refractivity contribution < 1.29 is 23.9 Å². The molecule has 1 aliphatic carbocycles. The van der Waals surface area contributed by atoms with E-state index in [9.17, 15) is 14.4 Å². The smallest absolute Gasteiger partial charge is 0.407 e. The Morgan fingerprint density at radius 1 is 1.38 bits per heavy atom. The topological polar surface area (TPSA) is 81.7 Å². The minimum absolute atomic E-state index is 0.173. The predicted molar refractivity (Wildman–Crippen MR) is 87.4 cm³/mol. The molecule has 0 spiro atoms. The Balaban J connectivity index is 2.54. The molecule has 1 aliphatic rings. The summed E-state index contributed by atoms with van der Waals surface area (Å²) in [5, 5.41) is 2.68. The summed E-state index contributed by atoms with van der Waals surface area (Å²) in [6.07, 6.45) is 0.532. The quantitative estimate of drug-likeness (QED) is 0.662. The predicted octanol–water partition coefficient (Wildman–Crippen LogP) is 2.69. The lowest BCUT2D eigenvalue weighted by atomic mass is 9.74. The highest BCUT2D eigenvalue weighted by Gasteiger charge is 2.56. The summed E-state index contributed by atoms with van der Waals surface area (Å²) in [6, 6.07) is 6.56. The zero-order valence-electron chi connectivity index (χ0n) is 14.3. The first-order valence-electron chi connectivity index (χ1n) is 8.07. The summed E-state index contributed by atoms with van der Waals surface area (Å²) in [7, 11) is 1.25. The van der Waals surface area contributed by atoms with Gasteiger partial charge in [0.2, 0.25) is 0 Å². The van der Waals surface area contributed by atoms with Crippen LogP contribution in [-0.2, 0) is 19.1 Å². The van der Waals surface area contributed by atoms with Crippen LogP contribution in [0.25, 0.3) is 0 Å². The van der Waals surface area contributed by atoms with Crippen molar-refractivity contribution in [3.8, 4) is 0 Å². The lowest BCUT2D eigenvalue weighted by Gasteiger charge is -2.34. The summed E-state index contributed by atoms with van der Waals surface area (Å²) in [5.74, 6) is -0.792. The van der Waals surface area contributed by atoms with Gasteiger partial charge in [0.05, 0.1) is 19.8 Å². The Labute approximate surface area is 141 Å². The van der Waals surface area contributed by atoms with Crippen LogP contribution < -0.4 is 5.32 Å². The fourth-order valence-corrected chi connectivity index (χ4v) is 3.31. The molecule has 1 aromatic carbocycles. The van der Waals surface area contributed by atoms with Gasteiger partial charge in [-0.05, 0) is 32.3 Å². The number of esters is 1. The first-order valence-corrected chi connectivity index (χ1v) is 8.07. The minimum atomic E-state index is -1.40. The molecule has 0 heterocycles. The van der Waals surface area contributed by atoms with Crippen LogP contribution in [0, 0.1) is 12.3 Å². The lowest BCUT2D eigenvalue weighted by Crippen LogP contribution is -2.49. The molecule has 0 bridgehead atoms. The third-order valence-corrected chi connectivity index (χ3v) is 4.43. The van der Waals surface area contributed by atoms with Gasteiger partial charge in [0, 0.05) is 6.42 Å². The zero-order valence-corrected chi connectivity index (χ0v) is 14.3. The van der Waals surface area contributed by atoms with Crippen molar-refractivity contribution in [1.82, 2.24) is 5.32 Å². The van der Waals surface area contributed by atoms with E-state index in [-0.39, 0.29) is 12.4 Å². The highest BCUT2D eigenvalue weighted by molar-refractivity contribution is 6.06. The number of hydrogen-bond donors (Lipinski definition) is 1. The Bertz CT molecular complexity index is 642. The Kier molecular flexibility index (Phi) is 5.59. The largest absolute Gasteiger partial charge is 0.465 e. The number of carbonyl (C=O) groups is 3. The van der Waals surface area contributed by atoms with Gasteiger partial charge in [-0.3, -0.25) is 9.59 Å². The first kappa shape index (κ1) is 18.0. The molecule has 2 rings (SSSR count). The van der Waals surface area contributed by atoms with Crippen molar-refractivity contribution in [2.45, 2.75) is 39.2 Å². The van der Waals surface area contributed by atoms with Crippen molar-refractivity contribution in [3.05, 3.63) is 35.4 Å². The Hall–Kier alpha value is -2.37. The van der Waals surface area contributed by atoms with Crippen molar-refractivity contribution in [1.29, 1.82) is 0 Å². The molecule has 2 atom stereocenters. The summed E-state index contributed by atoms with van der Waals surface area (Å²) in [5.41, 5.74) is 0.246. The molecule has 6 heteroatoms. The standard InChI is InChI=1S/C18H23NO5/c1-4-24-16(21)18(10-6-9-14(18)20)15(19-17(22)23-3)13-8-5-7-12(2)11-13/h5,7-8,11,15H,4,6,9-10H2,1-3H3,(H,19,22)/t15-,18-/m1/s1. The number of nitrogens with one attached hydrogen (secondary N) is 1. The third kappa shape index (κ3) is 3.27. The van der Waals surface area contributed by atoms with E-state index < -0.39 is 23.5 Å². The van der Waals surface area contributed by atoms with Crippen molar-refractivity contribution in [2.75, 3.05) is 13.7 Å². The van der Waals surface area contributed by atoms with Crippen LogP contribution in [0.5, 0.6) is 0 Å². The summed E-state index contributed by atoms with van der Waals surface area (Å²) in [4.78, 5) is 37.3. The maximum atomic E-state index is 12.7. The molecule has 24 heavy (non-hydrogen) atoms. The number of benzene rings is 1. The van der Waals surface area contributed by atoms with E-state index in [2.05, 4.69) is 5.32 Å². The fraction of sp³-hybridized carbons (Fsp3) is 0.500. The molecule has 0 unspecified atom stereocenters. The molecule has 1 fully saturated rings. The van der Waals surface area contributed by atoms with Gasteiger partial charge >= 0.3 is 12.1 Å². The molecular weight excluding hydrogens is 310 g/mol. The summed E-state index contributed by atoms with van der Waals surface area (Å²) in [6.45, 7) is 3.78.